The summed E-state index contributed by atoms with van der Waals surface area (Å²) in [6.07, 6.45) is 0.495. The molecule has 0 saturated heterocycles. The predicted molar refractivity (Wildman–Crippen MR) is 116 cm³/mol. The van der Waals surface area contributed by atoms with Gasteiger partial charge in [0.25, 0.3) is 0 Å². The second-order valence-electron chi connectivity index (χ2n) is 6.43. The molecular weight excluding hydrogens is 368 g/mol. The summed E-state index contributed by atoms with van der Waals surface area (Å²) in [4.78, 5) is 13.5. The van der Waals surface area contributed by atoms with Crippen molar-refractivity contribution < 1.29 is 9.53 Å². The Balaban J connectivity index is 1.61. The van der Waals surface area contributed by atoms with Crippen LogP contribution in [0.25, 0.3) is 0 Å². The highest BCUT2D eigenvalue weighted by atomic mass is 32.2. The van der Waals surface area contributed by atoms with Gasteiger partial charge in [0, 0.05) is 22.4 Å². The van der Waals surface area contributed by atoms with Gasteiger partial charge in [-0.2, -0.15) is 0 Å². The number of methoxy groups -OCH3 is 1. The van der Waals surface area contributed by atoms with E-state index in [0.717, 1.165) is 22.0 Å². The number of nitrogens with one attached hydrogen (secondary N) is 1. The summed E-state index contributed by atoms with van der Waals surface area (Å²) in [7, 11) is 1.63. The molecule has 0 aliphatic carbocycles. The van der Waals surface area contributed by atoms with Crippen LogP contribution in [0.3, 0.4) is 0 Å². The molecule has 0 aliphatic heterocycles. The van der Waals surface area contributed by atoms with Crippen molar-refractivity contribution in [1.82, 2.24) is 0 Å². The van der Waals surface area contributed by atoms with Crippen LogP contribution in [0.15, 0.2) is 83.8 Å². The molecule has 0 heterocycles. The largest absolute Gasteiger partial charge is 0.496 e. The van der Waals surface area contributed by atoms with Crippen molar-refractivity contribution >= 4 is 23.4 Å². The monoisotopic (exact) mass is 392 g/mol. The fourth-order valence-electron chi connectivity index (χ4n) is 2.80. The Hall–Kier alpha value is -2.76. The lowest BCUT2D eigenvalue weighted by Crippen LogP contribution is -2.37. The Morgan fingerprint density at radius 1 is 1.00 bits per heavy atom. The van der Waals surface area contributed by atoms with E-state index in [1.54, 1.807) is 18.9 Å². The second kappa shape index (κ2) is 9.97. The number of hydrogen-bond acceptors (Lipinski definition) is 4. The third kappa shape index (κ3) is 5.62. The quantitative estimate of drug-likeness (QED) is 0.554. The Morgan fingerprint density at radius 2 is 1.64 bits per heavy atom. The molecule has 1 atom stereocenters. The molecule has 5 heteroatoms. The normalized spacial score (nSPS) is 11.6. The number of thioether (sulfide) groups is 1. The third-order valence-electron chi connectivity index (χ3n) is 4.30. The molecule has 3 N–H and O–H groups in total. The van der Waals surface area contributed by atoms with E-state index in [9.17, 15) is 4.79 Å². The minimum absolute atomic E-state index is 0.212. The molecule has 3 aromatic rings. The number of ether oxygens (including phenoxy) is 1. The average molecular weight is 393 g/mol. The smallest absolute Gasteiger partial charge is 0.241 e. The van der Waals surface area contributed by atoms with Crippen LogP contribution in [0, 0.1) is 0 Å². The fraction of sp³-hybridized carbons (Fsp3) is 0.174. The van der Waals surface area contributed by atoms with E-state index in [0.29, 0.717) is 12.1 Å². The zero-order valence-electron chi connectivity index (χ0n) is 15.8. The number of carbonyl (C=O) groups is 1. The van der Waals surface area contributed by atoms with Crippen LogP contribution >= 0.6 is 11.8 Å². The highest BCUT2D eigenvalue weighted by Crippen LogP contribution is 2.33. The summed E-state index contributed by atoms with van der Waals surface area (Å²) in [5, 5.41) is 2.88. The van der Waals surface area contributed by atoms with Crippen LogP contribution in [-0.2, 0) is 17.0 Å². The van der Waals surface area contributed by atoms with Crippen LogP contribution in [0.5, 0.6) is 5.75 Å². The molecule has 3 aromatic carbocycles. The van der Waals surface area contributed by atoms with Gasteiger partial charge in [-0.1, -0.05) is 60.7 Å². The fourth-order valence-corrected chi connectivity index (χ4v) is 3.76. The first-order valence-electron chi connectivity index (χ1n) is 9.11. The van der Waals surface area contributed by atoms with Gasteiger partial charge >= 0.3 is 0 Å². The molecule has 0 spiro atoms. The van der Waals surface area contributed by atoms with Crippen LogP contribution in [0.4, 0.5) is 5.69 Å². The van der Waals surface area contributed by atoms with Gasteiger partial charge in [0.1, 0.15) is 5.75 Å². The lowest BCUT2D eigenvalue weighted by molar-refractivity contribution is -0.117. The highest BCUT2D eigenvalue weighted by Gasteiger charge is 2.15. The van der Waals surface area contributed by atoms with Gasteiger partial charge in [0.15, 0.2) is 0 Å². The topological polar surface area (TPSA) is 64.3 Å². The van der Waals surface area contributed by atoms with E-state index >= 15 is 0 Å². The van der Waals surface area contributed by atoms with E-state index < -0.39 is 6.04 Å². The van der Waals surface area contributed by atoms with Crippen LogP contribution in [0.2, 0.25) is 0 Å². The van der Waals surface area contributed by atoms with E-state index in [-0.39, 0.29) is 5.91 Å². The van der Waals surface area contributed by atoms with Gasteiger partial charge < -0.3 is 15.8 Å². The van der Waals surface area contributed by atoms with Crippen molar-refractivity contribution in [2.75, 3.05) is 12.4 Å². The highest BCUT2D eigenvalue weighted by molar-refractivity contribution is 7.98. The summed E-state index contributed by atoms with van der Waals surface area (Å²) in [5.74, 6) is 1.37. The SMILES string of the molecule is COc1cc(NC(=O)C(N)Cc2ccccc2)ccc1SCc1ccccc1. The maximum atomic E-state index is 12.4. The predicted octanol–water partition coefficient (Wildman–Crippen LogP) is 4.50. The Labute approximate surface area is 170 Å². The number of anilines is 1. The van der Waals surface area contributed by atoms with Crippen molar-refractivity contribution in [2.24, 2.45) is 5.73 Å². The van der Waals surface area contributed by atoms with Gasteiger partial charge in [-0.05, 0) is 29.7 Å². The molecule has 0 saturated carbocycles. The summed E-state index contributed by atoms with van der Waals surface area (Å²) < 4.78 is 5.51. The molecule has 0 fully saturated rings. The summed E-state index contributed by atoms with van der Waals surface area (Å²) in [5.41, 5.74) is 9.02. The van der Waals surface area contributed by atoms with E-state index in [4.69, 9.17) is 10.5 Å². The lowest BCUT2D eigenvalue weighted by atomic mass is 10.1. The number of benzene rings is 3. The van der Waals surface area contributed by atoms with Crippen molar-refractivity contribution in [3.63, 3.8) is 0 Å². The molecule has 144 valence electrons. The van der Waals surface area contributed by atoms with Crippen LogP contribution in [0.1, 0.15) is 11.1 Å². The minimum Gasteiger partial charge on any atom is -0.496 e. The molecule has 0 bridgehead atoms. The number of hydrogen-bond donors (Lipinski definition) is 2. The summed E-state index contributed by atoms with van der Waals surface area (Å²) in [6, 6.07) is 25.1. The number of amides is 1. The standard InChI is InChI=1S/C23H24N2O2S/c1-27-21-15-19(12-13-22(21)28-16-18-10-6-3-7-11-18)25-23(26)20(24)14-17-8-4-2-5-9-17/h2-13,15,20H,14,16,24H2,1H3,(H,25,26). The summed E-state index contributed by atoms with van der Waals surface area (Å²) in [6.45, 7) is 0. The van der Waals surface area contributed by atoms with E-state index in [1.807, 2.05) is 66.7 Å². The number of carbonyl (C=O) groups excluding carboxylic acids is 1. The average Bonchev–Trinajstić information content (AvgIpc) is 2.74. The van der Waals surface area contributed by atoms with Crippen LogP contribution < -0.4 is 15.8 Å². The van der Waals surface area contributed by atoms with Crippen molar-refractivity contribution in [2.45, 2.75) is 23.1 Å². The first-order valence-corrected chi connectivity index (χ1v) is 10.1. The van der Waals surface area contributed by atoms with Crippen molar-refractivity contribution in [3.8, 4) is 5.75 Å². The minimum atomic E-state index is -0.611. The van der Waals surface area contributed by atoms with Crippen molar-refractivity contribution in [1.29, 1.82) is 0 Å². The molecule has 0 aromatic heterocycles. The maximum absolute atomic E-state index is 12.4. The zero-order chi connectivity index (χ0) is 19.8. The Bertz CT molecular complexity index is 901. The van der Waals surface area contributed by atoms with Crippen LogP contribution in [-0.4, -0.2) is 19.1 Å². The molecule has 1 unspecified atom stereocenters. The van der Waals surface area contributed by atoms with Crippen molar-refractivity contribution in [3.05, 3.63) is 90.0 Å². The Kier molecular flexibility index (Phi) is 7.12. The van der Waals surface area contributed by atoms with Gasteiger partial charge in [-0.25, -0.2) is 0 Å². The third-order valence-corrected chi connectivity index (χ3v) is 5.43. The van der Waals surface area contributed by atoms with Gasteiger partial charge in [-0.15, -0.1) is 11.8 Å². The van der Waals surface area contributed by atoms with E-state index in [1.165, 1.54) is 5.56 Å². The van der Waals surface area contributed by atoms with E-state index in [2.05, 4.69) is 17.4 Å². The second-order valence-corrected chi connectivity index (χ2v) is 7.44. The molecular formula is C23H24N2O2S. The molecule has 3 rings (SSSR count). The summed E-state index contributed by atoms with van der Waals surface area (Å²) >= 11 is 1.70. The maximum Gasteiger partial charge on any atom is 0.241 e. The van der Waals surface area contributed by atoms with Gasteiger partial charge in [-0.3, -0.25) is 4.79 Å². The Morgan fingerprint density at radius 3 is 2.29 bits per heavy atom. The molecule has 0 aliphatic rings. The van der Waals surface area contributed by atoms with Gasteiger partial charge in [0.2, 0.25) is 5.91 Å². The zero-order valence-corrected chi connectivity index (χ0v) is 16.6. The number of nitrogens with two attached hydrogens (primary N) is 1. The first-order chi connectivity index (χ1) is 13.7. The first kappa shape index (κ1) is 20.0. The molecule has 0 radical (unpaired) electrons. The lowest BCUT2D eigenvalue weighted by Gasteiger charge is -2.14. The molecule has 1 amide bonds. The molecule has 28 heavy (non-hydrogen) atoms. The van der Waals surface area contributed by atoms with Gasteiger partial charge in [0.05, 0.1) is 13.2 Å². The molecule has 4 nitrogen and oxygen atoms in total. The number of rotatable bonds is 8.